The van der Waals surface area contributed by atoms with Crippen molar-refractivity contribution in [1.82, 2.24) is 5.32 Å². The van der Waals surface area contributed by atoms with Gasteiger partial charge in [0.05, 0.1) is 0 Å². The number of ether oxygens (including phenoxy) is 1. The Morgan fingerprint density at radius 3 is 2.73 bits per heavy atom. The maximum absolute atomic E-state index is 5.65. The molecule has 1 atom stereocenters. The van der Waals surface area contributed by atoms with Crippen LogP contribution in [0, 0.1) is 0 Å². The molecule has 0 radical (unpaired) electrons. The van der Waals surface area contributed by atoms with Gasteiger partial charge in [-0.05, 0) is 23.3 Å². The zero-order chi connectivity index (χ0) is 10.7. The highest BCUT2D eigenvalue weighted by Crippen LogP contribution is 2.23. The molecule has 80 valence electrons. The normalized spacial score (nSPS) is 21.1. The third-order valence-electron chi connectivity index (χ3n) is 2.67. The predicted octanol–water partition coefficient (Wildman–Crippen LogP) is 1.62. The molecule has 1 aliphatic heterocycles. The Balaban J connectivity index is 2.17. The van der Waals surface area contributed by atoms with Crippen LogP contribution in [-0.4, -0.2) is 19.9 Å². The van der Waals surface area contributed by atoms with E-state index in [9.17, 15) is 0 Å². The molecule has 1 unspecified atom stereocenters. The quantitative estimate of drug-likeness (QED) is 0.720. The lowest BCUT2D eigenvalue weighted by Crippen LogP contribution is -2.34. The smallest absolute Gasteiger partial charge is 0.112 e. The summed E-state index contributed by atoms with van der Waals surface area (Å²) in [5, 5.41) is 3.26. The van der Waals surface area contributed by atoms with Crippen LogP contribution in [0.4, 0.5) is 5.69 Å². The fourth-order valence-electron chi connectivity index (χ4n) is 1.77. The Labute approximate surface area is 89.9 Å². The summed E-state index contributed by atoms with van der Waals surface area (Å²) in [7, 11) is 1.73. The first kappa shape index (κ1) is 10.2. The number of nitrogen functional groups attached to an aromatic ring is 1. The van der Waals surface area contributed by atoms with E-state index in [1.807, 2.05) is 12.1 Å². The summed E-state index contributed by atoms with van der Waals surface area (Å²) in [6.07, 6.45) is 3.23. The summed E-state index contributed by atoms with van der Waals surface area (Å²) in [5.74, 6) is 0. The van der Waals surface area contributed by atoms with Crippen LogP contribution in [0.1, 0.15) is 12.0 Å². The van der Waals surface area contributed by atoms with Crippen LogP contribution in [0.15, 0.2) is 30.3 Å². The minimum Gasteiger partial charge on any atom is -0.399 e. The zero-order valence-electron chi connectivity index (χ0n) is 8.86. The lowest BCUT2D eigenvalue weighted by atomic mass is 9.99. The number of hydrogen-bond donors (Lipinski definition) is 2. The predicted molar refractivity (Wildman–Crippen MR) is 62.2 cm³/mol. The van der Waals surface area contributed by atoms with Crippen molar-refractivity contribution in [3.8, 4) is 0 Å². The molecule has 0 bridgehead atoms. The summed E-state index contributed by atoms with van der Waals surface area (Å²) < 4.78 is 5.29. The molecule has 0 amide bonds. The molecule has 3 nitrogen and oxygen atoms in total. The standard InChI is InChI=1S/C12H16N2O/c1-15-12-8-10(6-7-14-12)9-2-4-11(13)5-3-9/h2-6,12,14H,7-8,13H2,1H3. The van der Waals surface area contributed by atoms with Crippen LogP contribution in [0.5, 0.6) is 0 Å². The van der Waals surface area contributed by atoms with Crippen LogP contribution in [0.2, 0.25) is 0 Å². The van der Waals surface area contributed by atoms with Gasteiger partial charge in [-0.2, -0.15) is 0 Å². The van der Waals surface area contributed by atoms with E-state index in [1.54, 1.807) is 7.11 Å². The van der Waals surface area contributed by atoms with Gasteiger partial charge in [0.2, 0.25) is 0 Å². The van der Waals surface area contributed by atoms with Gasteiger partial charge in [-0.15, -0.1) is 0 Å². The molecular weight excluding hydrogens is 188 g/mol. The lowest BCUT2D eigenvalue weighted by Gasteiger charge is -2.23. The molecule has 0 saturated carbocycles. The molecule has 15 heavy (non-hydrogen) atoms. The summed E-state index contributed by atoms with van der Waals surface area (Å²) >= 11 is 0. The molecule has 1 aromatic rings. The number of hydrogen-bond acceptors (Lipinski definition) is 3. The highest BCUT2D eigenvalue weighted by molar-refractivity contribution is 5.68. The molecule has 0 spiro atoms. The third kappa shape index (κ3) is 2.37. The second kappa shape index (κ2) is 4.47. The molecule has 0 aromatic heterocycles. The summed E-state index contributed by atoms with van der Waals surface area (Å²) in [4.78, 5) is 0. The topological polar surface area (TPSA) is 47.3 Å². The first-order valence-electron chi connectivity index (χ1n) is 5.10. The van der Waals surface area contributed by atoms with Gasteiger partial charge in [0.1, 0.15) is 6.23 Å². The van der Waals surface area contributed by atoms with E-state index in [1.165, 1.54) is 11.1 Å². The average Bonchev–Trinajstić information content (AvgIpc) is 2.30. The third-order valence-corrected chi connectivity index (χ3v) is 2.67. The first-order valence-corrected chi connectivity index (χ1v) is 5.10. The Morgan fingerprint density at radius 2 is 2.07 bits per heavy atom. The Kier molecular flexibility index (Phi) is 3.04. The van der Waals surface area contributed by atoms with Crippen molar-refractivity contribution in [2.24, 2.45) is 0 Å². The number of rotatable bonds is 2. The molecule has 0 fully saturated rings. The largest absolute Gasteiger partial charge is 0.399 e. The van der Waals surface area contributed by atoms with Crippen molar-refractivity contribution in [2.45, 2.75) is 12.6 Å². The molecule has 0 aliphatic carbocycles. The monoisotopic (exact) mass is 204 g/mol. The number of nitrogens with one attached hydrogen (secondary N) is 1. The number of nitrogens with two attached hydrogens (primary N) is 1. The Hall–Kier alpha value is -1.32. The van der Waals surface area contributed by atoms with Crippen molar-refractivity contribution >= 4 is 11.3 Å². The van der Waals surface area contributed by atoms with Crippen LogP contribution in [-0.2, 0) is 4.74 Å². The van der Waals surface area contributed by atoms with Gasteiger partial charge >= 0.3 is 0 Å². The summed E-state index contributed by atoms with van der Waals surface area (Å²) in [5.41, 5.74) is 9.00. The second-order valence-electron chi connectivity index (χ2n) is 3.69. The van der Waals surface area contributed by atoms with Crippen LogP contribution >= 0.6 is 0 Å². The van der Waals surface area contributed by atoms with E-state index in [0.29, 0.717) is 0 Å². The molecule has 2 rings (SSSR count). The van der Waals surface area contributed by atoms with Gasteiger partial charge in [-0.3, -0.25) is 5.32 Å². The van der Waals surface area contributed by atoms with Crippen molar-refractivity contribution < 1.29 is 4.74 Å². The van der Waals surface area contributed by atoms with Crippen LogP contribution in [0.25, 0.3) is 5.57 Å². The van der Waals surface area contributed by atoms with Crippen molar-refractivity contribution in [1.29, 1.82) is 0 Å². The molecule has 1 aliphatic rings. The molecule has 1 heterocycles. The summed E-state index contributed by atoms with van der Waals surface area (Å²) in [6, 6.07) is 7.97. The molecular formula is C12H16N2O. The van der Waals surface area contributed by atoms with E-state index in [4.69, 9.17) is 10.5 Å². The minimum atomic E-state index is 0.127. The maximum Gasteiger partial charge on any atom is 0.112 e. The maximum atomic E-state index is 5.65. The van der Waals surface area contributed by atoms with Gasteiger partial charge in [0.25, 0.3) is 0 Å². The number of methoxy groups -OCH3 is 1. The molecule has 0 saturated heterocycles. The minimum absolute atomic E-state index is 0.127. The van der Waals surface area contributed by atoms with E-state index < -0.39 is 0 Å². The molecule has 3 N–H and O–H groups in total. The van der Waals surface area contributed by atoms with E-state index in [0.717, 1.165) is 18.7 Å². The SMILES string of the molecule is COC1CC(c2ccc(N)cc2)=CCN1. The van der Waals surface area contributed by atoms with Crippen molar-refractivity contribution in [3.63, 3.8) is 0 Å². The first-order chi connectivity index (χ1) is 7.29. The Bertz CT molecular complexity index is 356. The van der Waals surface area contributed by atoms with Gasteiger partial charge in [0.15, 0.2) is 0 Å². The number of benzene rings is 1. The van der Waals surface area contributed by atoms with Gasteiger partial charge < -0.3 is 10.5 Å². The molecule has 1 aromatic carbocycles. The van der Waals surface area contributed by atoms with Crippen molar-refractivity contribution in [3.05, 3.63) is 35.9 Å². The van der Waals surface area contributed by atoms with Gasteiger partial charge in [0, 0.05) is 25.8 Å². The molecule has 3 heteroatoms. The lowest BCUT2D eigenvalue weighted by molar-refractivity contribution is 0.0787. The van der Waals surface area contributed by atoms with Crippen molar-refractivity contribution in [2.75, 3.05) is 19.4 Å². The van der Waals surface area contributed by atoms with Gasteiger partial charge in [-0.1, -0.05) is 18.2 Å². The average molecular weight is 204 g/mol. The number of anilines is 1. The van der Waals surface area contributed by atoms with E-state index in [-0.39, 0.29) is 6.23 Å². The highest BCUT2D eigenvalue weighted by Gasteiger charge is 2.14. The van der Waals surface area contributed by atoms with Gasteiger partial charge in [-0.25, -0.2) is 0 Å². The highest BCUT2D eigenvalue weighted by atomic mass is 16.5. The fraction of sp³-hybridized carbons (Fsp3) is 0.333. The summed E-state index contributed by atoms with van der Waals surface area (Å²) in [6.45, 7) is 0.859. The van der Waals surface area contributed by atoms with Crippen LogP contribution in [0.3, 0.4) is 0 Å². The second-order valence-corrected chi connectivity index (χ2v) is 3.69. The zero-order valence-corrected chi connectivity index (χ0v) is 8.86. The van der Waals surface area contributed by atoms with E-state index >= 15 is 0 Å². The van der Waals surface area contributed by atoms with E-state index in [2.05, 4.69) is 23.5 Å². The fourth-order valence-corrected chi connectivity index (χ4v) is 1.77. The van der Waals surface area contributed by atoms with Crippen LogP contribution < -0.4 is 11.1 Å². The Morgan fingerprint density at radius 1 is 1.33 bits per heavy atom.